The van der Waals surface area contributed by atoms with Gasteiger partial charge >= 0.3 is 0 Å². The van der Waals surface area contributed by atoms with Crippen LogP contribution in [-0.2, 0) is 22.7 Å². The molecule has 0 aromatic heterocycles. The topological polar surface area (TPSA) is 85.8 Å². The molecule has 0 radical (unpaired) electrons. The van der Waals surface area contributed by atoms with Crippen molar-refractivity contribution in [3.8, 4) is 0 Å². The first-order valence-corrected chi connectivity index (χ1v) is 9.80. The van der Waals surface area contributed by atoms with Gasteiger partial charge in [-0.3, -0.25) is 14.6 Å². The Morgan fingerprint density at radius 2 is 1.66 bits per heavy atom. The summed E-state index contributed by atoms with van der Waals surface area (Å²) in [5.41, 5.74) is 3.06. The lowest BCUT2D eigenvalue weighted by Gasteiger charge is -2.16. The average molecular weight is 393 g/mol. The van der Waals surface area contributed by atoms with Gasteiger partial charge in [0, 0.05) is 38.8 Å². The Morgan fingerprint density at radius 3 is 2.31 bits per heavy atom. The quantitative estimate of drug-likeness (QED) is 0.495. The van der Waals surface area contributed by atoms with Crippen LogP contribution in [0.5, 0.6) is 0 Å². The maximum absolute atomic E-state index is 12.0. The molecule has 1 aliphatic heterocycles. The van der Waals surface area contributed by atoms with E-state index in [0.717, 1.165) is 29.8 Å². The number of amides is 2. The van der Waals surface area contributed by atoms with Gasteiger partial charge in [-0.2, -0.15) is 0 Å². The highest BCUT2D eigenvalue weighted by Crippen LogP contribution is 2.21. The first kappa shape index (κ1) is 20.4. The molecule has 2 aromatic rings. The molecule has 1 aliphatic rings. The maximum atomic E-state index is 12.0. The van der Waals surface area contributed by atoms with Gasteiger partial charge in [0.15, 0.2) is 5.96 Å². The summed E-state index contributed by atoms with van der Waals surface area (Å²) < 4.78 is 0. The minimum absolute atomic E-state index is 0.101. The zero-order valence-electron chi connectivity index (χ0n) is 16.6. The second-order valence-electron chi connectivity index (χ2n) is 6.86. The second kappa shape index (κ2) is 10.3. The molecule has 152 valence electrons. The van der Waals surface area contributed by atoms with Crippen LogP contribution in [0, 0.1) is 0 Å². The van der Waals surface area contributed by atoms with Gasteiger partial charge in [0.2, 0.25) is 11.8 Å². The molecule has 29 heavy (non-hydrogen) atoms. The lowest BCUT2D eigenvalue weighted by atomic mass is 10.2. The van der Waals surface area contributed by atoms with E-state index in [4.69, 9.17) is 0 Å². The molecular formula is C22H27N5O2. The Bertz CT molecular complexity index is 849. The van der Waals surface area contributed by atoms with E-state index in [2.05, 4.69) is 20.9 Å². The summed E-state index contributed by atoms with van der Waals surface area (Å²) in [7, 11) is 1.67. The van der Waals surface area contributed by atoms with Gasteiger partial charge in [0.1, 0.15) is 0 Å². The number of nitrogens with zero attached hydrogens (tertiary/aromatic N) is 2. The number of carbonyl (C=O) groups excluding carboxylic acids is 2. The van der Waals surface area contributed by atoms with Crippen LogP contribution in [-0.4, -0.2) is 37.9 Å². The Balaban J connectivity index is 1.40. The Hall–Kier alpha value is -3.35. The van der Waals surface area contributed by atoms with Crippen LogP contribution >= 0.6 is 0 Å². The van der Waals surface area contributed by atoms with E-state index in [-0.39, 0.29) is 18.4 Å². The number of hydrogen-bond acceptors (Lipinski definition) is 3. The predicted molar refractivity (Wildman–Crippen MR) is 115 cm³/mol. The Morgan fingerprint density at radius 1 is 0.966 bits per heavy atom. The zero-order chi connectivity index (χ0) is 20.5. The van der Waals surface area contributed by atoms with Crippen LogP contribution in [0.2, 0.25) is 0 Å². The summed E-state index contributed by atoms with van der Waals surface area (Å²) >= 11 is 0. The number of benzene rings is 2. The summed E-state index contributed by atoms with van der Waals surface area (Å²) in [5, 5.41) is 9.07. The van der Waals surface area contributed by atoms with Crippen molar-refractivity contribution in [2.24, 2.45) is 4.99 Å². The van der Waals surface area contributed by atoms with Crippen LogP contribution in [0.15, 0.2) is 59.6 Å². The summed E-state index contributed by atoms with van der Waals surface area (Å²) in [4.78, 5) is 29.8. The van der Waals surface area contributed by atoms with Crippen molar-refractivity contribution in [3.05, 3.63) is 65.7 Å². The lowest BCUT2D eigenvalue weighted by Crippen LogP contribution is -2.42. The third kappa shape index (κ3) is 6.07. The molecule has 0 aliphatic carbocycles. The fraction of sp³-hybridized carbons (Fsp3) is 0.318. The SMILES string of the molecule is CN=C(NCC(=O)NCc1ccccc1)NCc1ccc(N2CCCC2=O)cc1. The number of anilines is 1. The normalized spacial score (nSPS) is 14.0. The summed E-state index contributed by atoms with van der Waals surface area (Å²) in [6.45, 7) is 2.00. The zero-order valence-corrected chi connectivity index (χ0v) is 16.6. The molecule has 3 rings (SSSR count). The van der Waals surface area contributed by atoms with Gasteiger partial charge in [-0.25, -0.2) is 0 Å². The number of guanidine groups is 1. The third-order valence-corrected chi connectivity index (χ3v) is 4.75. The van der Waals surface area contributed by atoms with Crippen molar-refractivity contribution < 1.29 is 9.59 Å². The highest BCUT2D eigenvalue weighted by atomic mass is 16.2. The van der Waals surface area contributed by atoms with Crippen molar-refractivity contribution in [2.45, 2.75) is 25.9 Å². The molecule has 7 heteroatoms. The molecule has 2 amide bonds. The van der Waals surface area contributed by atoms with Crippen molar-refractivity contribution in [2.75, 3.05) is 25.0 Å². The summed E-state index contributed by atoms with van der Waals surface area (Å²) in [6.07, 6.45) is 1.55. The van der Waals surface area contributed by atoms with Gasteiger partial charge in [-0.15, -0.1) is 0 Å². The van der Waals surface area contributed by atoms with Crippen LogP contribution in [0.1, 0.15) is 24.0 Å². The largest absolute Gasteiger partial charge is 0.352 e. The van der Waals surface area contributed by atoms with E-state index >= 15 is 0 Å². The third-order valence-electron chi connectivity index (χ3n) is 4.75. The number of nitrogens with one attached hydrogen (secondary N) is 3. The van der Waals surface area contributed by atoms with E-state index in [1.165, 1.54) is 0 Å². The average Bonchev–Trinajstić information content (AvgIpc) is 3.19. The molecule has 1 saturated heterocycles. The molecule has 1 fully saturated rings. The van der Waals surface area contributed by atoms with Crippen molar-refractivity contribution in [1.82, 2.24) is 16.0 Å². The first-order chi connectivity index (χ1) is 14.2. The van der Waals surface area contributed by atoms with Gasteiger partial charge in [0.25, 0.3) is 0 Å². The smallest absolute Gasteiger partial charge is 0.239 e. The van der Waals surface area contributed by atoms with E-state index in [9.17, 15) is 9.59 Å². The Labute approximate surface area is 171 Å². The molecule has 0 atom stereocenters. The fourth-order valence-electron chi connectivity index (χ4n) is 3.14. The second-order valence-corrected chi connectivity index (χ2v) is 6.86. The molecule has 2 aromatic carbocycles. The Kier molecular flexibility index (Phi) is 7.22. The van der Waals surface area contributed by atoms with E-state index in [1.807, 2.05) is 59.5 Å². The number of aliphatic imine (C=N–C) groups is 1. The number of rotatable bonds is 7. The van der Waals surface area contributed by atoms with E-state index in [0.29, 0.717) is 25.5 Å². The number of hydrogen-bond donors (Lipinski definition) is 3. The molecule has 7 nitrogen and oxygen atoms in total. The molecule has 0 saturated carbocycles. The van der Waals surface area contributed by atoms with Crippen LogP contribution < -0.4 is 20.9 Å². The van der Waals surface area contributed by atoms with Crippen molar-refractivity contribution in [3.63, 3.8) is 0 Å². The molecule has 1 heterocycles. The van der Waals surface area contributed by atoms with Crippen LogP contribution in [0.4, 0.5) is 5.69 Å². The van der Waals surface area contributed by atoms with Gasteiger partial charge in [-0.05, 0) is 29.7 Å². The molecule has 0 bridgehead atoms. The summed E-state index contributed by atoms with van der Waals surface area (Å²) in [5.74, 6) is 0.640. The highest BCUT2D eigenvalue weighted by Gasteiger charge is 2.21. The maximum Gasteiger partial charge on any atom is 0.239 e. The van der Waals surface area contributed by atoms with Crippen LogP contribution in [0.3, 0.4) is 0 Å². The highest BCUT2D eigenvalue weighted by molar-refractivity contribution is 5.95. The summed E-state index contributed by atoms with van der Waals surface area (Å²) in [6, 6.07) is 17.7. The standard InChI is InChI=1S/C22H27N5O2/c1-23-22(26-16-20(28)24-14-17-6-3-2-4-7-17)25-15-18-9-11-19(12-10-18)27-13-5-8-21(27)29/h2-4,6-7,9-12H,5,8,13-16H2,1H3,(H,24,28)(H2,23,25,26). The molecular weight excluding hydrogens is 366 g/mol. The molecule has 0 unspecified atom stereocenters. The van der Waals surface area contributed by atoms with Crippen molar-refractivity contribution >= 4 is 23.5 Å². The van der Waals surface area contributed by atoms with Crippen LogP contribution in [0.25, 0.3) is 0 Å². The number of carbonyl (C=O) groups is 2. The minimum Gasteiger partial charge on any atom is -0.352 e. The minimum atomic E-state index is -0.101. The lowest BCUT2D eigenvalue weighted by molar-refractivity contribution is -0.120. The first-order valence-electron chi connectivity index (χ1n) is 9.80. The predicted octanol–water partition coefficient (Wildman–Crippen LogP) is 1.79. The monoisotopic (exact) mass is 393 g/mol. The van der Waals surface area contributed by atoms with E-state index < -0.39 is 0 Å². The molecule has 0 spiro atoms. The van der Waals surface area contributed by atoms with Gasteiger partial charge in [0.05, 0.1) is 6.54 Å². The fourth-order valence-corrected chi connectivity index (χ4v) is 3.14. The van der Waals surface area contributed by atoms with E-state index in [1.54, 1.807) is 7.05 Å². The van der Waals surface area contributed by atoms with Gasteiger partial charge in [-0.1, -0.05) is 42.5 Å². The van der Waals surface area contributed by atoms with Gasteiger partial charge < -0.3 is 20.9 Å². The van der Waals surface area contributed by atoms with Crippen molar-refractivity contribution in [1.29, 1.82) is 0 Å². The molecule has 3 N–H and O–H groups in total.